The largest absolute Gasteiger partial charge is 0.445 e. The Labute approximate surface area is 280 Å². The van der Waals surface area contributed by atoms with Crippen LogP contribution >= 0.6 is 11.3 Å². The lowest BCUT2D eigenvalue weighted by Gasteiger charge is -2.54. The lowest BCUT2D eigenvalue weighted by atomic mass is 9.93. The first kappa shape index (κ1) is 33.8. The molecule has 1 aliphatic rings. The van der Waals surface area contributed by atoms with Crippen molar-refractivity contribution in [3.8, 4) is 0 Å². The van der Waals surface area contributed by atoms with E-state index < -0.39 is 25.8 Å². The van der Waals surface area contributed by atoms with E-state index in [0.717, 1.165) is 37.4 Å². The molecule has 0 aliphatic carbocycles. The number of benzene rings is 3. The number of nitro groups is 1. The molecule has 11 nitrogen and oxygen atoms in total. The van der Waals surface area contributed by atoms with Gasteiger partial charge in [-0.15, -0.1) is 11.3 Å². The van der Waals surface area contributed by atoms with Crippen molar-refractivity contribution in [1.82, 2.24) is 15.2 Å². The second-order valence-electron chi connectivity index (χ2n) is 11.4. The first-order valence-electron chi connectivity index (χ1n) is 15.7. The monoisotopic (exact) mass is 673 g/mol. The Bertz CT molecular complexity index is 1600. The molecule has 1 N–H and O–H groups in total. The van der Waals surface area contributed by atoms with Crippen LogP contribution in [0.5, 0.6) is 0 Å². The predicted octanol–water partition coefficient (Wildman–Crippen LogP) is 4.70. The average Bonchev–Trinajstić information content (AvgIpc) is 3.56. The first-order chi connectivity index (χ1) is 22.8. The van der Waals surface area contributed by atoms with E-state index in [4.69, 9.17) is 14.1 Å². The Morgan fingerprint density at radius 2 is 1.72 bits per heavy atom. The summed E-state index contributed by atoms with van der Waals surface area (Å²) in [7, 11) is -0.370. The molecule has 1 saturated heterocycles. The molecule has 1 aromatic heterocycles. The van der Waals surface area contributed by atoms with Gasteiger partial charge in [-0.05, 0) is 40.9 Å². The van der Waals surface area contributed by atoms with Crippen molar-refractivity contribution >= 4 is 53.6 Å². The van der Waals surface area contributed by atoms with Gasteiger partial charge in [0.05, 0.1) is 4.92 Å². The number of nitrogens with one attached hydrogen (secondary N) is 1. The van der Waals surface area contributed by atoms with Gasteiger partial charge in [-0.1, -0.05) is 74.0 Å². The minimum atomic E-state index is -2.04. The van der Waals surface area contributed by atoms with Crippen LogP contribution in [0.25, 0.3) is 0 Å². The summed E-state index contributed by atoms with van der Waals surface area (Å²) < 4.78 is 12.4. The van der Waals surface area contributed by atoms with Crippen molar-refractivity contribution in [1.29, 1.82) is 0 Å². The van der Waals surface area contributed by atoms with E-state index in [1.807, 2.05) is 12.1 Å². The number of alkyl carbamates (subject to hydrolysis) is 1. The normalized spacial score (nSPS) is 15.6. The number of hydrogen-bond acceptors (Lipinski definition) is 9. The molecule has 0 spiro atoms. The van der Waals surface area contributed by atoms with Gasteiger partial charge >= 0.3 is 6.09 Å². The summed E-state index contributed by atoms with van der Waals surface area (Å²) in [5.74, 6) is -0.241. The number of hydrogen-bond donors (Lipinski definition) is 1. The van der Waals surface area contributed by atoms with Gasteiger partial charge in [0.25, 0.3) is 11.6 Å². The van der Waals surface area contributed by atoms with Gasteiger partial charge in [-0.2, -0.15) is 0 Å². The molecule has 2 amide bonds. The summed E-state index contributed by atoms with van der Waals surface area (Å²) in [5.41, 5.74) is 0.459. The van der Waals surface area contributed by atoms with Crippen molar-refractivity contribution in [2.75, 3.05) is 31.6 Å². The Balaban J connectivity index is 1.19. The van der Waals surface area contributed by atoms with Crippen molar-refractivity contribution in [2.24, 2.45) is 0 Å². The van der Waals surface area contributed by atoms with Crippen molar-refractivity contribution in [3.63, 3.8) is 0 Å². The zero-order valence-corrected chi connectivity index (χ0v) is 28.5. The number of unbranched alkanes of at least 4 members (excludes halogenated alkanes) is 1. The lowest BCUT2D eigenvalue weighted by Crippen LogP contribution is -2.66. The second-order valence-corrected chi connectivity index (χ2v) is 14.6. The molecule has 0 bridgehead atoms. The molecule has 1 fully saturated rings. The molecule has 1 atom stereocenters. The van der Waals surface area contributed by atoms with E-state index in [1.165, 1.54) is 50.9 Å². The Kier molecular flexibility index (Phi) is 11.4. The van der Waals surface area contributed by atoms with E-state index in [2.05, 4.69) is 65.7 Å². The maximum absolute atomic E-state index is 13.3. The van der Waals surface area contributed by atoms with Crippen LogP contribution in [0.4, 0.5) is 15.6 Å². The van der Waals surface area contributed by atoms with Gasteiger partial charge < -0.3 is 24.3 Å². The predicted molar refractivity (Wildman–Crippen MR) is 185 cm³/mol. The number of non-ortho nitro benzene ring substituents is 1. The molecule has 1 aliphatic heterocycles. The van der Waals surface area contributed by atoms with Crippen LogP contribution in [-0.4, -0.2) is 68.3 Å². The number of anilines is 1. The third-order valence-electron chi connectivity index (χ3n) is 8.20. The summed E-state index contributed by atoms with van der Waals surface area (Å²) in [6.07, 6.45) is 3.19. The van der Waals surface area contributed by atoms with E-state index in [1.54, 1.807) is 12.4 Å². The van der Waals surface area contributed by atoms with E-state index in [0.29, 0.717) is 11.3 Å². The zero-order valence-electron chi connectivity index (χ0n) is 26.5. The Morgan fingerprint density at radius 3 is 2.30 bits per heavy atom. The highest BCUT2D eigenvalue weighted by atomic mass is 32.1. The third-order valence-corrected chi connectivity index (χ3v) is 11.7. The standard InChI is InChI=1S/C34H39N5O6SSi/c1-3-4-19-34(45-47(28-11-7-5-8-12-28)29-13-9-6-10-14-29)20-22-38(34)32-36-30(25-46-32)31(40)37(2)23-21-35-33(41)44-24-26-15-17-27(18-16-26)39(42)43/h5-18,25,47H,3-4,19-24H2,1-2H3,(H,35,41). The highest BCUT2D eigenvalue weighted by Gasteiger charge is 2.48. The fraction of sp³-hybridized carbons (Fsp3) is 0.324. The van der Waals surface area contributed by atoms with Crippen molar-refractivity contribution < 1.29 is 23.7 Å². The molecule has 13 heteroatoms. The molecule has 246 valence electrons. The molecule has 47 heavy (non-hydrogen) atoms. The van der Waals surface area contributed by atoms with Crippen LogP contribution < -0.4 is 20.6 Å². The molecule has 0 saturated carbocycles. The van der Waals surface area contributed by atoms with Gasteiger partial charge in [0.1, 0.15) is 18.0 Å². The average molecular weight is 674 g/mol. The smallest absolute Gasteiger partial charge is 0.407 e. The number of likely N-dealkylation sites (N-methyl/N-ethyl adjacent to an activating group) is 1. The number of ether oxygens (including phenoxy) is 1. The number of nitro benzene ring substituents is 1. The Hall–Kier alpha value is -4.59. The van der Waals surface area contributed by atoms with Gasteiger partial charge in [0, 0.05) is 50.6 Å². The van der Waals surface area contributed by atoms with Crippen molar-refractivity contribution in [2.45, 2.75) is 44.9 Å². The Morgan fingerprint density at radius 1 is 1.06 bits per heavy atom. The van der Waals surface area contributed by atoms with E-state index in [-0.39, 0.29) is 31.3 Å². The summed E-state index contributed by atoms with van der Waals surface area (Å²) >= 11 is 1.44. The number of nitrogens with zero attached hydrogens (tertiary/aromatic N) is 4. The number of carbonyl (C=O) groups is 2. The van der Waals surface area contributed by atoms with Gasteiger partial charge in [-0.25, -0.2) is 9.78 Å². The highest BCUT2D eigenvalue weighted by molar-refractivity contribution is 7.14. The van der Waals surface area contributed by atoms with Crippen LogP contribution in [0.15, 0.2) is 90.3 Å². The SMILES string of the molecule is CCCCC1(O[SiH](c2ccccc2)c2ccccc2)CCN1c1nc(C(=O)N(C)CCNC(=O)OCc2ccc([N+](=O)[O-])cc2)cs1. The number of aromatic nitrogens is 1. The summed E-state index contributed by atoms with van der Waals surface area (Å²) in [5, 5.41) is 18.4. The fourth-order valence-electron chi connectivity index (χ4n) is 5.46. The third kappa shape index (κ3) is 8.42. The number of amides is 2. The van der Waals surface area contributed by atoms with Crippen LogP contribution in [-0.2, 0) is 15.8 Å². The number of rotatable bonds is 15. The minimum Gasteiger partial charge on any atom is -0.445 e. The van der Waals surface area contributed by atoms with Gasteiger partial charge in [-0.3, -0.25) is 14.9 Å². The lowest BCUT2D eigenvalue weighted by molar-refractivity contribution is -0.384. The number of thiazole rings is 1. The summed E-state index contributed by atoms with van der Waals surface area (Å²) in [6, 6.07) is 26.7. The van der Waals surface area contributed by atoms with E-state index in [9.17, 15) is 19.7 Å². The van der Waals surface area contributed by atoms with E-state index >= 15 is 0 Å². The molecule has 5 rings (SSSR count). The topological polar surface area (TPSA) is 127 Å². The summed E-state index contributed by atoms with van der Waals surface area (Å²) in [4.78, 5) is 44.2. The quantitative estimate of drug-likeness (QED) is 0.109. The summed E-state index contributed by atoms with van der Waals surface area (Å²) in [6.45, 7) is 3.40. The molecular formula is C34H39N5O6SSi. The van der Waals surface area contributed by atoms with Gasteiger partial charge in [0.15, 0.2) is 5.13 Å². The van der Waals surface area contributed by atoms with Crippen LogP contribution in [0, 0.1) is 10.1 Å². The first-order valence-corrected chi connectivity index (χ1v) is 18.2. The van der Waals surface area contributed by atoms with Crippen LogP contribution in [0.1, 0.15) is 48.7 Å². The number of carbonyl (C=O) groups excluding carboxylic acids is 2. The minimum absolute atomic E-state index is 0.0277. The molecule has 2 heterocycles. The van der Waals surface area contributed by atoms with Crippen LogP contribution in [0.3, 0.4) is 0 Å². The molecule has 4 aromatic rings. The molecule has 1 unspecified atom stereocenters. The van der Waals surface area contributed by atoms with Crippen molar-refractivity contribution in [3.05, 3.63) is 112 Å². The fourth-order valence-corrected chi connectivity index (χ4v) is 8.97. The molecular weight excluding hydrogens is 635 g/mol. The maximum atomic E-state index is 13.3. The zero-order chi connectivity index (χ0) is 33.2. The maximum Gasteiger partial charge on any atom is 0.407 e. The van der Waals surface area contributed by atoms with Gasteiger partial charge in [0.2, 0.25) is 9.04 Å². The second kappa shape index (κ2) is 15.8. The molecule has 3 aromatic carbocycles. The molecule has 0 radical (unpaired) electrons. The van der Waals surface area contributed by atoms with Crippen LogP contribution in [0.2, 0.25) is 0 Å². The highest BCUT2D eigenvalue weighted by Crippen LogP contribution is 2.42.